The van der Waals surface area contributed by atoms with Crippen LogP contribution in [-0.4, -0.2) is 62.7 Å². The van der Waals surface area contributed by atoms with Gasteiger partial charge in [-0.2, -0.15) is 0 Å². The summed E-state index contributed by atoms with van der Waals surface area (Å²) in [5.41, 5.74) is 2.45. The third-order valence-electron chi connectivity index (χ3n) is 4.63. The summed E-state index contributed by atoms with van der Waals surface area (Å²) in [7, 11) is 3.55. The van der Waals surface area contributed by atoms with Crippen LogP contribution < -0.4 is 15.0 Å². The van der Waals surface area contributed by atoms with Crippen LogP contribution in [0.25, 0.3) is 0 Å². The second-order valence-corrected chi connectivity index (χ2v) is 6.26. The first-order valence-corrected chi connectivity index (χ1v) is 9.03. The van der Waals surface area contributed by atoms with Gasteiger partial charge in [0.15, 0.2) is 5.96 Å². The van der Waals surface area contributed by atoms with Gasteiger partial charge in [0.05, 0.1) is 7.11 Å². The SMILES string of the molecule is CN=C(NCCc1cccnc1)N1CCN(c2cccc(OC)c2)CC1.I. The van der Waals surface area contributed by atoms with Gasteiger partial charge in [-0.1, -0.05) is 12.1 Å². The molecule has 1 saturated heterocycles. The number of methoxy groups -OCH3 is 1. The van der Waals surface area contributed by atoms with Crippen LogP contribution in [0.2, 0.25) is 0 Å². The highest BCUT2D eigenvalue weighted by Gasteiger charge is 2.19. The quantitative estimate of drug-likeness (QED) is 0.405. The van der Waals surface area contributed by atoms with Crippen molar-refractivity contribution in [2.75, 3.05) is 51.8 Å². The molecule has 1 fully saturated rings. The van der Waals surface area contributed by atoms with E-state index >= 15 is 0 Å². The van der Waals surface area contributed by atoms with Crippen molar-refractivity contribution >= 4 is 35.6 Å². The fourth-order valence-corrected chi connectivity index (χ4v) is 3.18. The molecule has 1 aliphatic heterocycles. The van der Waals surface area contributed by atoms with Crippen molar-refractivity contribution in [1.29, 1.82) is 0 Å². The van der Waals surface area contributed by atoms with E-state index in [1.165, 1.54) is 11.3 Å². The lowest BCUT2D eigenvalue weighted by molar-refractivity contribution is 0.372. The Balaban J connectivity index is 0.00000261. The van der Waals surface area contributed by atoms with E-state index in [0.29, 0.717) is 0 Å². The minimum absolute atomic E-state index is 0. The minimum atomic E-state index is 0. The van der Waals surface area contributed by atoms with E-state index in [1.807, 2.05) is 31.4 Å². The van der Waals surface area contributed by atoms with Gasteiger partial charge in [-0.25, -0.2) is 0 Å². The van der Waals surface area contributed by atoms with Crippen LogP contribution >= 0.6 is 24.0 Å². The molecule has 2 aromatic rings. The number of benzene rings is 1. The average Bonchev–Trinajstić information content (AvgIpc) is 2.72. The highest BCUT2D eigenvalue weighted by Crippen LogP contribution is 2.22. The number of guanidine groups is 1. The highest BCUT2D eigenvalue weighted by atomic mass is 127. The summed E-state index contributed by atoms with van der Waals surface area (Å²) in [6, 6.07) is 12.3. The van der Waals surface area contributed by atoms with Crippen molar-refractivity contribution in [3.8, 4) is 5.75 Å². The van der Waals surface area contributed by atoms with Crippen molar-refractivity contribution < 1.29 is 4.74 Å². The molecule has 0 atom stereocenters. The lowest BCUT2D eigenvalue weighted by atomic mass is 10.2. The Morgan fingerprint density at radius 1 is 1.19 bits per heavy atom. The Labute approximate surface area is 178 Å². The van der Waals surface area contributed by atoms with Gasteiger partial charge in [0.1, 0.15) is 5.75 Å². The Morgan fingerprint density at radius 2 is 2.00 bits per heavy atom. The molecule has 1 N–H and O–H groups in total. The summed E-state index contributed by atoms with van der Waals surface area (Å²) in [4.78, 5) is 13.3. The van der Waals surface area contributed by atoms with E-state index in [4.69, 9.17) is 4.74 Å². The molecule has 0 radical (unpaired) electrons. The van der Waals surface area contributed by atoms with Crippen LogP contribution in [0.4, 0.5) is 5.69 Å². The van der Waals surface area contributed by atoms with Crippen LogP contribution in [0.5, 0.6) is 5.75 Å². The molecule has 27 heavy (non-hydrogen) atoms. The molecule has 0 bridgehead atoms. The molecule has 1 aliphatic rings. The molecule has 0 unspecified atom stereocenters. The molecule has 1 aromatic carbocycles. The van der Waals surface area contributed by atoms with E-state index in [-0.39, 0.29) is 24.0 Å². The smallest absolute Gasteiger partial charge is 0.193 e. The number of nitrogens with zero attached hydrogens (tertiary/aromatic N) is 4. The van der Waals surface area contributed by atoms with Gasteiger partial charge >= 0.3 is 0 Å². The maximum absolute atomic E-state index is 5.33. The Morgan fingerprint density at radius 3 is 2.67 bits per heavy atom. The molecule has 7 heteroatoms. The van der Waals surface area contributed by atoms with Crippen LogP contribution in [0, 0.1) is 0 Å². The second kappa shape index (κ2) is 11.0. The van der Waals surface area contributed by atoms with Gasteiger partial charge in [0.2, 0.25) is 0 Å². The normalized spacial score (nSPS) is 14.5. The first-order chi connectivity index (χ1) is 12.8. The maximum atomic E-state index is 5.33. The lowest BCUT2D eigenvalue weighted by Gasteiger charge is -2.37. The number of piperazine rings is 1. The predicted molar refractivity (Wildman–Crippen MR) is 121 cm³/mol. The topological polar surface area (TPSA) is 53.0 Å². The van der Waals surface area contributed by atoms with E-state index in [9.17, 15) is 0 Å². The molecule has 0 aliphatic carbocycles. The third kappa shape index (κ3) is 5.98. The number of hydrogen-bond donors (Lipinski definition) is 1. The number of hydrogen-bond acceptors (Lipinski definition) is 4. The number of rotatable bonds is 5. The zero-order chi connectivity index (χ0) is 18.2. The maximum Gasteiger partial charge on any atom is 0.193 e. The molecule has 0 saturated carbocycles. The zero-order valence-corrected chi connectivity index (χ0v) is 18.3. The molecule has 6 nitrogen and oxygen atoms in total. The molecule has 1 aromatic heterocycles. The molecule has 146 valence electrons. The first kappa shape index (κ1) is 21.3. The van der Waals surface area contributed by atoms with Gasteiger partial charge < -0.3 is 19.9 Å². The van der Waals surface area contributed by atoms with Crippen molar-refractivity contribution in [2.24, 2.45) is 4.99 Å². The van der Waals surface area contributed by atoms with Gasteiger partial charge in [-0.05, 0) is 30.2 Å². The monoisotopic (exact) mass is 481 g/mol. The van der Waals surface area contributed by atoms with E-state index in [2.05, 4.69) is 43.3 Å². The second-order valence-electron chi connectivity index (χ2n) is 6.26. The molecule has 3 rings (SSSR count). The Kier molecular flexibility index (Phi) is 8.63. The number of pyridine rings is 1. The third-order valence-corrected chi connectivity index (χ3v) is 4.63. The number of aliphatic imine (C=N–C) groups is 1. The van der Waals surface area contributed by atoms with Gasteiger partial charge in [-0.15, -0.1) is 24.0 Å². The highest BCUT2D eigenvalue weighted by molar-refractivity contribution is 14.0. The molecule has 0 amide bonds. The molecular weight excluding hydrogens is 453 g/mol. The summed E-state index contributed by atoms with van der Waals surface area (Å²) in [5.74, 6) is 1.87. The predicted octanol–water partition coefficient (Wildman–Crippen LogP) is 2.65. The lowest BCUT2D eigenvalue weighted by Crippen LogP contribution is -2.52. The molecule has 2 heterocycles. The van der Waals surface area contributed by atoms with Crippen LogP contribution in [0.1, 0.15) is 5.56 Å². The number of nitrogens with one attached hydrogen (secondary N) is 1. The van der Waals surface area contributed by atoms with Crippen molar-refractivity contribution in [3.63, 3.8) is 0 Å². The van der Waals surface area contributed by atoms with Gasteiger partial charge in [0, 0.05) is 63.9 Å². The summed E-state index contributed by atoms with van der Waals surface area (Å²) in [6.07, 6.45) is 4.66. The van der Waals surface area contributed by atoms with Crippen molar-refractivity contribution in [2.45, 2.75) is 6.42 Å². The van der Waals surface area contributed by atoms with Crippen LogP contribution in [-0.2, 0) is 6.42 Å². The van der Waals surface area contributed by atoms with Crippen LogP contribution in [0.3, 0.4) is 0 Å². The zero-order valence-electron chi connectivity index (χ0n) is 16.0. The summed E-state index contributed by atoms with van der Waals surface area (Å²) < 4.78 is 5.33. The Hall–Kier alpha value is -2.03. The van der Waals surface area contributed by atoms with Crippen LogP contribution in [0.15, 0.2) is 53.8 Å². The average molecular weight is 481 g/mol. The Bertz CT molecular complexity index is 717. The number of ether oxygens (including phenoxy) is 1. The van der Waals surface area contributed by atoms with Crippen molar-refractivity contribution in [3.05, 3.63) is 54.4 Å². The molecular formula is C20H28IN5O. The number of aromatic nitrogens is 1. The van der Waals surface area contributed by atoms with E-state index < -0.39 is 0 Å². The van der Waals surface area contributed by atoms with E-state index in [0.717, 1.165) is 50.9 Å². The standard InChI is InChI=1S/C20H27N5O.HI/c1-21-20(23-10-8-17-5-4-9-22-16-17)25-13-11-24(12-14-25)18-6-3-7-19(15-18)26-2;/h3-7,9,15-16H,8,10-14H2,1-2H3,(H,21,23);1H. The fraction of sp³-hybridized carbons (Fsp3) is 0.400. The summed E-state index contributed by atoms with van der Waals surface area (Å²) in [6.45, 7) is 4.69. The minimum Gasteiger partial charge on any atom is -0.497 e. The van der Waals surface area contributed by atoms with E-state index in [1.54, 1.807) is 13.3 Å². The largest absolute Gasteiger partial charge is 0.497 e. The summed E-state index contributed by atoms with van der Waals surface area (Å²) >= 11 is 0. The van der Waals surface area contributed by atoms with Gasteiger partial charge in [0.25, 0.3) is 0 Å². The number of anilines is 1. The summed E-state index contributed by atoms with van der Waals surface area (Å²) in [5, 5.41) is 3.47. The first-order valence-electron chi connectivity index (χ1n) is 9.03. The fourth-order valence-electron chi connectivity index (χ4n) is 3.18. The number of halogens is 1. The van der Waals surface area contributed by atoms with Crippen molar-refractivity contribution in [1.82, 2.24) is 15.2 Å². The molecule has 0 spiro atoms. The van der Waals surface area contributed by atoms with Gasteiger partial charge in [-0.3, -0.25) is 9.98 Å².